The Bertz CT molecular complexity index is 883. The fourth-order valence-electron chi connectivity index (χ4n) is 3.18. The number of carbonyl (C=O) groups is 1. The zero-order chi connectivity index (χ0) is 23.1. The lowest BCUT2D eigenvalue weighted by atomic mass is 10.1. The average molecular weight is 486 g/mol. The molecule has 14 heteroatoms. The van der Waals surface area contributed by atoms with Crippen molar-refractivity contribution in [2.45, 2.75) is 31.8 Å². The minimum atomic E-state index is -3.87. The van der Waals surface area contributed by atoms with E-state index in [4.69, 9.17) is 13.6 Å². The van der Waals surface area contributed by atoms with E-state index in [9.17, 15) is 28.5 Å². The van der Waals surface area contributed by atoms with Crippen molar-refractivity contribution >= 4 is 28.4 Å². The van der Waals surface area contributed by atoms with Crippen molar-refractivity contribution < 1.29 is 42.1 Å². The molecule has 0 radical (unpaired) electrons. The number of hydrogen-bond donors (Lipinski definition) is 2. The van der Waals surface area contributed by atoms with Gasteiger partial charge in [-0.2, -0.15) is 0 Å². The van der Waals surface area contributed by atoms with E-state index >= 15 is 0 Å². The van der Waals surface area contributed by atoms with Crippen LogP contribution in [0.5, 0.6) is 0 Å². The van der Waals surface area contributed by atoms with Crippen LogP contribution in [0.25, 0.3) is 0 Å². The van der Waals surface area contributed by atoms with E-state index in [1.54, 1.807) is 20.2 Å². The molecule has 172 valence electrons. The van der Waals surface area contributed by atoms with Gasteiger partial charge in [-0.1, -0.05) is 6.58 Å². The molecule has 0 aromatic heterocycles. The van der Waals surface area contributed by atoms with E-state index < -0.39 is 46.7 Å². The Labute approximate surface area is 176 Å². The molecule has 0 aromatic carbocycles. The standard InChI is InChI=1S/C16H29N2O9P3/c1-11-8-18(16(20)17(3)12(11)2)15-7-13(19)14(26-15)9-25-30(6,24)27-29(5,23)10-28(4,21)22/h8,13-15,19H,2,7,9-10H2,1,3-6H3,(H,21,22)/t13?,14-,15-,29?,30?/m1/s1. The zero-order valence-corrected chi connectivity index (χ0v) is 20.3. The van der Waals surface area contributed by atoms with Gasteiger partial charge in [0.15, 0.2) is 0 Å². The maximum Gasteiger partial charge on any atom is 0.333 e. The van der Waals surface area contributed by atoms with Gasteiger partial charge >= 0.3 is 13.6 Å². The molecular weight excluding hydrogens is 457 g/mol. The number of ether oxygens (including phenoxy) is 1. The predicted molar refractivity (Wildman–Crippen MR) is 112 cm³/mol. The van der Waals surface area contributed by atoms with Gasteiger partial charge < -0.3 is 19.3 Å². The lowest BCUT2D eigenvalue weighted by Crippen LogP contribution is -2.46. The molecule has 11 nitrogen and oxygen atoms in total. The largest absolute Gasteiger partial charge is 0.390 e. The van der Waals surface area contributed by atoms with Crippen LogP contribution in [-0.4, -0.2) is 83.8 Å². The number of nitrogens with zero attached hydrogens (tertiary/aromatic N) is 2. The number of urea groups is 1. The van der Waals surface area contributed by atoms with Gasteiger partial charge in [0, 0.05) is 45.4 Å². The first-order chi connectivity index (χ1) is 13.5. The molecule has 0 bridgehead atoms. The highest BCUT2D eigenvalue weighted by molar-refractivity contribution is 7.78. The van der Waals surface area contributed by atoms with Crippen LogP contribution < -0.4 is 0 Å². The van der Waals surface area contributed by atoms with Crippen molar-refractivity contribution in [2.24, 2.45) is 0 Å². The number of rotatable bonds is 8. The number of hydrogen-bond acceptors (Lipinski definition) is 8. The maximum absolute atomic E-state index is 12.5. The van der Waals surface area contributed by atoms with Gasteiger partial charge in [0.05, 0.1) is 12.7 Å². The fourth-order valence-corrected chi connectivity index (χ4v) is 10.8. The molecule has 2 aliphatic rings. The zero-order valence-electron chi connectivity index (χ0n) is 17.6. The van der Waals surface area contributed by atoms with Crippen molar-refractivity contribution in [3.63, 3.8) is 0 Å². The van der Waals surface area contributed by atoms with E-state index in [0.717, 1.165) is 25.6 Å². The second kappa shape index (κ2) is 9.00. The second-order valence-corrected chi connectivity index (χ2v) is 15.5. The third-order valence-electron chi connectivity index (χ3n) is 4.53. The van der Waals surface area contributed by atoms with E-state index in [-0.39, 0.29) is 19.1 Å². The summed E-state index contributed by atoms with van der Waals surface area (Å²) >= 11 is 0. The number of allylic oxidation sites excluding steroid dienone is 1. The molecule has 30 heavy (non-hydrogen) atoms. The monoisotopic (exact) mass is 486 g/mol. The number of carbonyl (C=O) groups excluding carboxylic acids is 1. The molecule has 2 N–H and O–H groups in total. The molecular formula is C16H29N2O9P3. The number of likely N-dealkylation sites (N-methyl/N-ethyl adjacent to an activating group) is 1. The average Bonchev–Trinajstić information content (AvgIpc) is 2.92. The molecule has 2 aliphatic heterocycles. The molecule has 6 atom stereocenters. The van der Waals surface area contributed by atoms with Gasteiger partial charge in [0.1, 0.15) is 18.2 Å². The van der Waals surface area contributed by atoms with Crippen LogP contribution in [0.4, 0.5) is 4.79 Å². The minimum Gasteiger partial charge on any atom is -0.390 e. The summed E-state index contributed by atoms with van der Waals surface area (Å²) < 4.78 is 52.3. The van der Waals surface area contributed by atoms with E-state index in [2.05, 4.69) is 6.58 Å². The van der Waals surface area contributed by atoms with Crippen molar-refractivity contribution in [1.29, 1.82) is 0 Å². The Morgan fingerprint density at radius 2 is 1.90 bits per heavy atom. The highest BCUT2D eigenvalue weighted by Crippen LogP contribution is 2.65. The Balaban J connectivity index is 1.99. The minimum absolute atomic E-state index is 0.106. The lowest BCUT2D eigenvalue weighted by molar-refractivity contribution is -0.0527. The maximum atomic E-state index is 12.5. The summed E-state index contributed by atoms with van der Waals surface area (Å²) in [5.41, 5.74) is 1.32. The quantitative estimate of drug-likeness (QED) is 0.495. The number of aliphatic hydroxyl groups excluding tert-OH is 1. The van der Waals surface area contributed by atoms with Gasteiger partial charge in [-0.3, -0.25) is 27.8 Å². The van der Waals surface area contributed by atoms with Crippen molar-refractivity contribution in [3.05, 3.63) is 24.0 Å². The van der Waals surface area contributed by atoms with Crippen molar-refractivity contribution in [1.82, 2.24) is 9.80 Å². The lowest BCUT2D eigenvalue weighted by Gasteiger charge is -2.35. The molecule has 0 saturated carbocycles. The molecule has 2 rings (SSSR count). The van der Waals surface area contributed by atoms with Crippen molar-refractivity contribution in [2.75, 3.05) is 39.6 Å². The summed E-state index contributed by atoms with van der Waals surface area (Å²) in [6.45, 7) is 8.49. The highest BCUT2D eigenvalue weighted by Gasteiger charge is 2.42. The molecule has 4 unspecified atom stereocenters. The first-order valence-corrected chi connectivity index (χ1v) is 15.6. The Morgan fingerprint density at radius 3 is 2.47 bits per heavy atom. The number of aliphatic hydroxyl groups is 1. The number of amides is 2. The molecule has 0 aliphatic carbocycles. The topological polar surface area (TPSA) is 143 Å². The van der Waals surface area contributed by atoms with Crippen LogP contribution in [-0.2, 0) is 27.3 Å². The summed E-state index contributed by atoms with van der Waals surface area (Å²) in [4.78, 5) is 24.6. The third-order valence-corrected chi connectivity index (χ3v) is 11.9. The van der Waals surface area contributed by atoms with Crippen LogP contribution >= 0.6 is 22.3 Å². The molecule has 2 heterocycles. The van der Waals surface area contributed by atoms with Gasteiger partial charge in [-0.15, -0.1) is 0 Å². The van der Waals surface area contributed by atoms with E-state index in [1.807, 2.05) is 0 Å². The molecule has 0 aromatic rings. The SMILES string of the molecule is C=C1C(C)=CN([C@H]2CC(O)[C@@H](COP(C)(=O)OP(C)(=O)CP(C)(=O)O)O2)C(=O)N1C. The molecule has 2 amide bonds. The predicted octanol–water partition coefficient (Wildman–Crippen LogP) is 2.87. The van der Waals surface area contributed by atoms with E-state index in [1.165, 1.54) is 9.80 Å². The second-order valence-electron chi connectivity index (χ2n) is 7.80. The van der Waals surface area contributed by atoms with Gasteiger partial charge in [-0.25, -0.2) is 4.79 Å². The summed E-state index contributed by atoms with van der Waals surface area (Å²) in [5.74, 6) is -0.632. The van der Waals surface area contributed by atoms with Gasteiger partial charge in [0.2, 0.25) is 14.7 Å². The molecule has 1 saturated heterocycles. The third kappa shape index (κ3) is 6.62. The fraction of sp³-hybridized carbons (Fsp3) is 0.688. The highest BCUT2D eigenvalue weighted by atomic mass is 31.3. The Morgan fingerprint density at radius 1 is 1.30 bits per heavy atom. The van der Waals surface area contributed by atoms with Crippen LogP contribution in [0.1, 0.15) is 13.3 Å². The van der Waals surface area contributed by atoms with Crippen LogP contribution in [0.15, 0.2) is 24.0 Å². The molecule has 0 spiro atoms. The summed E-state index contributed by atoms with van der Waals surface area (Å²) in [6, 6.07) is -0.367. The normalized spacial score (nSPS) is 31.2. The van der Waals surface area contributed by atoms with Crippen LogP contribution in [0, 0.1) is 0 Å². The Hall–Kier alpha value is -0.760. The van der Waals surface area contributed by atoms with Crippen LogP contribution in [0.2, 0.25) is 0 Å². The van der Waals surface area contributed by atoms with Crippen LogP contribution in [0.3, 0.4) is 0 Å². The summed E-state index contributed by atoms with van der Waals surface area (Å²) in [7, 11) is -9.59. The first kappa shape index (κ1) is 25.5. The van der Waals surface area contributed by atoms with Gasteiger partial charge in [-0.05, 0) is 12.5 Å². The first-order valence-electron chi connectivity index (χ1n) is 9.08. The summed E-state index contributed by atoms with van der Waals surface area (Å²) in [5, 5.41) is 10.3. The smallest absolute Gasteiger partial charge is 0.333 e. The summed E-state index contributed by atoms with van der Waals surface area (Å²) in [6.07, 6.45) is -0.982. The van der Waals surface area contributed by atoms with Crippen molar-refractivity contribution in [3.8, 4) is 0 Å². The molecule has 1 fully saturated rings. The van der Waals surface area contributed by atoms with Gasteiger partial charge in [0.25, 0.3) is 0 Å². The van der Waals surface area contributed by atoms with E-state index in [0.29, 0.717) is 5.70 Å². The Kier molecular flexibility index (Phi) is 7.65.